The lowest BCUT2D eigenvalue weighted by atomic mass is 10.1. The van der Waals surface area contributed by atoms with Crippen LogP contribution in [0.25, 0.3) is 0 Å². The van der Waals surface area contributed by atoms with Gasteiger partial charge in [-0.15, -0.1) is 0 Å². The zero-order valence-electron chi connectivity index (χ0n) is 8.33. The maximum absolute atomic E-state index is 11.3. The first kappa shape index (κ1) is 10.0. The van der Waals surface area contributed by atoms with Gasteiger partial charge in [-0.05, 0) is 5.92 Å². The Bertz CT molecular complexity index is 226. The molecule has 1 aliphatic rings. The van der Waals surface area contributed by atoms with Gasteiger partial charge in [0.25, 0.3) is 0 Å². The average Bonchev–Trinajstić information content (AvgIpc) is 1.99. The average molecular weight is 184 g/mol. The molecule has 1 N–H and O–H groups in total. The van der Waals surface area contributed by atoms with Crippen molar-refractivity contribution in [3.63, 3.8) is 0 Å². The molecule has 74 valence electrons. The van der Waals surface area contributed by atoms with E-state index in [1.54, 1.807) is 4.90 Å². The molecule has 1 rings (SSSR count). The summed E-state index contributed by atoms with van der Waals surface area (Å²) < 4.78 is 0. The number of hydrogen-bond donors (Lipinski definition) is 1. The van der Waals surface area contributed by atoms with Crippen LogP contribution < -0.4 is 5.32 Å². The molecular formula is C9H16N2O2. The summed E-state index contributed by atoms with van der Waals surface area (Å²) in [4.78, 5) is 24.0. The van der Waals surface area contributed by atoms with Gasteiger partial charge in [0.1, 0.15) is 0 Å². The van der Waals surface area contributed by atoms with Crippen LogP contribution >= 0.6 is 0 Å². The summed E-state index contributed by atoms with van der Waals surface area (Å²) in [5.41, 5.74) is 0. The van der Waals surface area contributed by atoms with E-state index in [2.05, 4.69) is 5.32 Å². The van der Waals surface area contributed by atoms with E-state index in [1.807, 2.05) is 20.8 Å². The minimum absolute atomic E-state index is 0.0866. The second-order valence-electron chi connectivity index (χ2n) is 3.99. The number of amides is 3. The van der Waals surface area contributed by atoms with E-state index in [0.717, 1.165) is 0 Å². The van der Waals surface area contributed by atoms with Crippen LogP contribution in [0.4, 0.5) is 4.79 Å². The fraction of sp³-hybridized carbons (Fsp3) is 0.778. The molecule has 1 saturated heterocycles. The minimum atomic E-state index is -0.253. The zero-order valence-corrected chi connectivity index (χ0v) is 8.33. The Labute approximate surface area is 78.3 Å². The number of nitrogens with one attached hydrogen (secondary N) is 1. The Kier molecular flexibility index (Phi) is 2.90. The summed E-state index contributed by atoms with van der Waals surface area (Å²) >= 11 is 0. The molecule has 0 aromatic rings. The van der Waals surface area contributed by atoms with Gasteiger partial charge in [-0.1, -0.05) is 20.8 Å². The van der Waals surface area contributed by atoms with Gasteiger partial charge in [0.05, 0.1) is 5.92 Å². The maximum atomic E-state index is 11.3. The molecule has 1 aliphatic heterocycles. The third-order valence-electron chi connectivity index (χ3n) is 2.04. The fourth-order valence-electron chi connectivity index (χ4n) is 1.40. The normalized spacial score (nSPS) is 23.7. The quantitative estimate of drug-likeness (QED) is 0.691. The van der Waals surface area contributed by atoms with Crippen LogP contribution in [-0.4, -0.2) is 29.9 Å². The van der Waals surface area contributed by atoms with E-state index in [9.17, 15) is 9.59 Å². The standard InChI is InChI=1S/C9H16N2O2/c1-6(2)4-11-5-7(3)8(12)10-9(11)13/h6-7H,4-5H2,1-3H3,(H,10,12,13)/t7-/m0/s1. The van der Waals surface area contributed by atoms with Crippen LogP contribution in [0.2, 0.25) is 0 Å². The molecule has 0 aromatic heterocycles. The molecule has 0 radical (unpaired) electrons. The number of hydrogen-bond acceptors (Lipinski definition) is 2. The summed E-state index contributed by atoms with van der Waals surface area (Å²) in [6.07, 6.45) is 0. The predicted molar refractivity (Wildman–Crippen MR) is 49.1 cm³/mol. The Morgan fingerprint density at radius 3 is 2.69 bits per heavy atom. The molecule has 0 aliphatic carbocycles. The molecule has 1 fully saturated rings. The van der Waals surface area contributed by atoms with Crippen molar-refractivity contribution >= 4 is 11.9 Å². The van der Waals surface area contributed by atoms with E-state index in [0.29, 0.717) is 19.0 Å². The summed E-state index contributed by atoms with van der Waals surface area (Å²) in [6, 6.07) is -0.253. The number of nitrogens with zero attached hydrogens (tertiary/aromatic N) is 1. The second-order valence-corrected chi connectivity index (χ2v) is 3.99. The van der Waals surface area contributed by atoms with Gasteiger partial charge in [0, 0.05) is 13.1 Å². The first-order chi connectivity index (χ1) is 6.00. The minimum Gasteiger partial charge on any atom is -0.323 e. The molecule has 4 heteroatoms. The van der Waals surface area contributed by atoms with Crippen molar-refractivity contribution in [2.24, 2.45) is 11.8 Å². The highest BCUT2D eigenvalue weighted by Crippen LogP contribution is 2.09. The van der Waals surface area contributed by atoms with Crippen LogP contribution in [-0.2, 0) is 4.79 Å². The lowest BCUT2D eigenvalue weighted by Gasteiger charge is -2.31. The molecule has 0 bridgehead atoms. The van der Waals surface area contributed by atoms with Crippen molar-refractivity contribution in [3.8, 4) is 0 Å². The van der Waals surface area contributed by atoms with Gasteiger partial charge in [-0.3, -0.25) is 10.1 Å². The highest BCUT2D eigenvalue weighted by atomic mass is 16.2. The van der Waals surface area contributed by atoms with E-state index in [4.69, 9.17) is 0 Å². The third-order valence-corrected chi connectivity index (χ3v) is 2.04. The molecule has 4 nitrogen and oxygen atoms in total. The SMILES string of the molecule is CC(C)CN1C[C@H](C)C(=O)NC1=O. The Morgan fingerprint density at radius 2 is 2.15 bits per heavy atom. The third kappa shape index (κ3) is 2.44. The fourth-order valence-corrected chi connectivity index (χ4v) is 1.40. The lowest BCUT2D eigenvalue weighted by Crippen LogP contribution is -2.54. The molecule has 0 spiro atoms. The topological polar surface area (TPSA) is 49.4 Å². The number of rotatable bonds is 2. The Morgan fingerprint density at radius 1 is 1.54 bits per heavy atom. The Hall–Kier alpha value is -1.06. The van der Waals surface area contributed by atoms with Gasteiger partial charge >= 0.3 is 6.03 Å². The van der Waals surface area contributed by atoms with Crippen LogP contribution in [0.3, 0.4) is 0 Å². The van der Waals surface area contributed by atoms with E-state index < -0.39 is 0 Å². The smallest absolute Gasteiger partial charge is 0.323 e. The van der Waals surface area contributed by atoms with Crippen molar-refractivity contribution in [3.05, 3.63) is 0 Å². The second kappa shape index (κ2) is 3.77. The summed E-state index contributed by atoms with van der Waals surface area (Å²) in [7, 11) is 0. The molecule has 13 heavy (non-hydrogen) atoms. The molecule has 0 unspecified atom stereocenters. The number of imide groups is 1. The van der Waals surface area contributed by atoms with Gasteiger partial charge in [-0.2, -0.15) is 0 Å². The van der Waals surface area contributed by atoms with Crippen LogP contribution in [0, 0.1) is 11.8 Å². The van der Waals surface area contributed by atoms with Crippen LogP contribution in [0.15, 0.2) is 0 Å². The zero-order chi connectivity index (χ0) is 10.0. The highest BCUT2D eigenvalue weighted by Gasteiger charge is 2.28. The van der Waals surface area contributed by atoms with Crippen LogP contribution in [0.5, 0.6) is 0 Å². The van der Waals surface area contributed by atoms with Gasteiger partial charge in [-0.25, -0.2) is 4.79 Å². The first-order valence-electron chi connectivity index (χ1n) is 4.60. The molecule has 0 saturated carbocycles. The van der Waals surface area contributed by atoms with E-state index >= 15 is 0 Å². The van der Waals surface area contributed by atoms with E-state index in [1.165, 1.54) is 0 Å². The predicted octanol–water partition coefficient (Wildman–Crippen LogP) is 0.830. The molecular weight excluding hydrogens is 168 g/mol. The van der Waals surface area contributed by atoms with Crippen molar-refractivity contribution < 1.29 is 9.59 Å². The number of urea groups is 1. The first-order valence-corrected chi connectivity index (χ1v) is 4.60. The lowest BCUT2D eigenvalue weighted by molar-refractivity contribution is -0.125. The summed E-state index contributed by atoms with van der Waals surface area (Å²) in [5.74, 6) is 0.188. The summed E-state index contributed by atoms with van der Waals surface area (Å²) in [6.45, 7) is 7.18. The van der Waals surface area contributed by atoms with Crippen molar-refractivity contribution in [1.29, 1.82) is 0 Å². The molecule has 1 atom stereocenters. The van der Waals surface area contributed by atoms with Gasteiger partial charge in [0.2, 0.25) is 5.91 Å². The molecule has 0 aromatic carbocycles. The van der Waals surface area contributed by atoms with Gasteiger partial charge < -0.3 is 4.90 Å². The number of carbonyl (C=O) groups is 2. The number of carbonyl (C=O) groups excluding carboxylic acids is 2. The monoisotopic (exact) mass is 184 g/mol. The van der Waals surface area contributed by atoms with Crippen molar-refractivity contribution in [2.75, 3.05) is 13.1 Å². The van der Waals surface area contributed by atoms with Crippen molar-refractivity contribution in [1.82, 2.24) is 10.2 Å². The highest BCUT2D eigenvalue weighted by molar-refractivity contribution is 5.97. The molecule has 3 amide bonds. The van der Waals surface area contributed by atoms with Crippen LogP contribution in [0.1, 0.15) is 20.8 Å². The van der Waals surface area contributed by atoms with Crippen molar-refractivity contribution in [2.45, 2.75) is 20.8 Å². The summed E-state index contributed by atoms with van der Waals surface area (Å²) in [5, 5.41) is 2.33. The van der Waals surface area contributed by atoms with E-state index in [-0.39, 0.29) is 17.9 Å². The largest absolute Gasteiger partial charge is 0.324 e. The van der Waals surface area contributed by atoms with Gasteiger partial charge in [0.15, 0.2) is 0 Å². The molecule has 1 heterocycles. The Balaban J connectivity index is 2.56. The maximum Gasteiger partial charge on any atom is 0.324 e.